The Balaban J connectivity index is 1.64. The van der Waals surface area contributed by atoms with E-state index >= 15 is 0 Å². The van der Waals surface area contributed by atoms with Crippen molar-refractivity contribution in [3.63, 3.8) is 0 Å². The van der Waals surface area contributed by atoms with Crippen LogP contribution in [0.3, 0.4) is 0 Å². The second-order valence-corrected chi connectivity index (χ2v) is 6.14. The number of rotatable bonds is 2. The lowest BCUT2D eigenvalue weighted by Crippen LogP contribution is -2.38. The van der Waals surface area contributed by atoms with Crippen LogP contribution < -0.4 is 0 Å². The third-order valence-electron chi connectivity index (χ3n) is 3.99. The first-order chi connectivity index (χ1) is 10.2. The summed E-state index contributed by atoms with van der Waals surface area (Å²) in [7, 11) is 0. The third-order valence-corrected chi connectivity index (χ3v) is 4.43. The van der Waals surface area contributed by atoms with E-state index in [9.17, 15) is 4.79 Å². The number of piperidine rings is 1. The number of aromatic nitrogens is 1. The molecule has 0 bridgehead atoms. The van der Waals surface area contributed by atoms with Crippen LogP contribution in [-0.4, -0.2) is 28.9 Å². The van der Waals surface area contributed by atoms with Gasteiger partial charge in [0.15, 0.2) is 0 Å². The summed E-state index contributed by atoms with van der Waals surface area (Å²) in [4.78, 5) is 18.6. The molecular weight excluding hydrogens is 328 g/mol. The number of carbonyl (C=O) groups is 1. The monoisotopic (exact) mass is 344 g/mol. The van der Waals surface area contributed by atoms with Gasteiger partial charge in [0, 0.05) is 13.1 Å². The van der Waals surface area contributed by atoms with Crippen LogP contribution >= 0.6 is 15.9 Å². The molecule has 108 valence electrons. The van der Waals surface area contributed by atoms with Crippen LogP contribution in [0, 0.1) is 0 Å². The fraction of sp³-hybridized carbons (Fsp3) is 0.294. The zero-order chi connectivity index (χ0) is 14.7. The first-order valence-electron chi connectivity index (χ1n) is 7.21. The fourth-order valence-corrected chi connectivity index (χ4v) is 3.17. The number of likely N-dealkylation sites (tertiary alicyclic amines) is 1. The summed E-state index contributed by atoms with van der Waals surface area (Å²) in [5, 5.41) is 0. The number of amides is 1. The first-order valence-corrected chi connectivity index (χ1v) is 8.00. The lowest BCUT2D eigenvalue weighted by molar-refractivity contribution is 0.0707. The van der Waals surface area contributed by atoms with Gasteiger partial charge in [-0.25, -0.2) is 4.98 Å². The molecule has 4 heteroatoms. The van der Waals surface area contributed by atoms with Gasteiger partial charge in [0.1, 0.15) is 10.3 Å². The molecule has 1 fully saturated rings. The zero-order valence-electron chi connectivity index (χ0n) is 11.7. The van der Waals surface area contributed by atoms with E-state index in [0.29, 0.717) is 16.2 Å². The lowest BCUT2D eigenvalue weighted by Gasteiger charge is -2.32. The fourth-order valence-electron chi connectivity index (χ4n) is 2.83. The van der Waals surface area contributed by atoms with Crippen LogP contribution in [0.15, 0.2) is 53.1 Å². The van der Waals surface area contributed by atoms with Crippen molar-refractivity contribution in [1.29, 1.82) is 0 Å². The van der Waals surface area contributed by atoms with Gasteiger partial charge in [-0.3, -0.25) is 4.79 Å². The summed E-state index contributed by atoms with van der Waals surface area (Å²) in [6.45, 7) is 1.60. The topological polar surface area (TPSA) is 33.2 Å². The molecule has 3 nitrogen and oxygen atoms in total. The average Bonchev–Trinajstić information content (AvgIpc) is 2.55. The van der Waals surface area contributed by atoms with Gasteiger partial charge < -0.3 is 4.90 Å². The maximum atomic E-state index is 12.4. The van der Waals surface area contributed by atoms with Crippen molar-refractivity contribution in [3.05, 3.63) is 64.4 Å². The number of halogens is 1. The number of carbonyl (C=O) groups excluding carboxylic acids is 1. The van der Waals surface area contributed by atoms with E-state index in [2.05, 4.69) is 45.2 Å². The highest BCUT2D eigenvalue weighted by Gasteiger charge is 2.25. The summed E-state index contributed by atoms with van der Waals surface area (Å²) in [5.74, 6) is 0.591. The van der Waals surface area contributed by atoms with Crippen LogP contribution in [0.4, 0.5) is 0 Å². The molecule has 0 radical (unpaired) electrons. The highest BCUT2D eigenvalue weighted by molar-refractivity contribution is 9.10. The molecule has 1 aromatic heterocycles. The van der Waals surface area contributed by atoms with Gasteiger partial charge in [-0.1, -0.05) is 36.4 Å². The molecule has 0 atom stereocenters. The van der Waals surface area contributed by atoms with Gasteiger partial charge in [-0.15, -0.1) is 0 Å². The Hall–Kier alpha value is -1.68. The van der Waals surface area contributed by atoms with Crippen LogP contribution in [0.25, 0.3) is 0 Å². The molecule has 1 aliphatic heterocycles. The molecule has 21 heavy (non-hydrogen) atoms. The number of hydrogen-bond donors (Lipinski definition) is 0. The molecule has 1 aromatic carbocycles. The van der Waals surface area contributed by atoms with Gasteiger partial charge in [-0.05, 0) is 52.4 Å². The normalized spacial score (nSPS) is 16.0. The van der Waals surface area contributed by atoms with E-state index in [0.717, 1.165) is 25.9 Å². The summed E-state index contributed by atoms with van der Waals surface area (Å²) < 4.78 is 0.701. The van der Waals surface area contributed by atoms with Gasteiger partial charge in [0.2, 0.25) is 0 Å². The Bertz CT molecular complexity index is 622. The van der Waals surface area contributed by atoms with E-state index in [4.69, 9.17) is 0 Å². The van der Waals surface area contributed by atoms with Crippen molar-refractivity contribution in [1.82, 2.24) is 9.88 Å². The smallest absolute Gasteiger partial charge is 0.272 e. The van der Waals surface area contributed by atoms with E-state index in [-0.39, 0.29) is 5.91 Å². The molecular formula is C17H17BrN2O. The molecule has 2 aromatic rings. The number of pyridine rings is 1. The van der Waals surface area contributed by atoms with Crippen LogP contribution in [-0.2, 0) is 0 Å². The Morgan fingerprint density at radius 3 is 2.43 bits per heavy atom. The maximum Gasteiger partial charge on any atom is 0.272 e. The largest absolute Gasteiger partial charge is 0.337 e. The van der Waals surface area contributed by atoms with Gasteiger partial charge in [0.05, 0.1) is 0 Å². The number of benzene rings is 1. The minimum atomic E-state index is 0.0304. The third kappa shape index (κ3) is 3.32. The van der Waals surface area contributed by atoms with Gasteiger partial charge >= 0.3 is 0 Å². The standard InChI is InChI=1S/C17H17BrN2O/c18-16-8-4-7-15(19-16)17(21)20-11-9-14(10-12-20)13-5-2-1-3-6-13/h1-8,14H,9-12H2. The summed E-state index contributed by atoms with van der Waals surface area (Å²) in [6.07, 6.45) is 2.04. The van der Waals surface area contributed by atoms with Gasteiger partial charge in [-0.2, -0.15) is 0 Å². The summed E-state index contributed by atoms with van der Waals surface area (Å²) in [5.41, 5.74) is 1.90. The van der Waals surface area contributed by atoms with Crippen molar-refractivity contribution in [2.24, 2.45) is 0 Å². The molecule has 0 aliphatic carbocycles. The van der Waals surface area contributed by atoms with E-state index in [1.165, 1.54) is 5.56 Å². The lowest BCUT2D eigenvalue weighted by atomic mass is 9.89. The Labute approximate surface area is 133 Å². The predicted octanol–water partition coefficient (Wildman–Crippen LogP) is 3.86. The minimum Gasteiger partial charge on any atom is -0.337 e. The predicted molar refractivity (Wildman–Crippen MR) is 86.3 cm³/mol. The molecule has 0 spiro atoms. The van der Waals surface area contributed by atoms with Crippen LogP contribution in [0.2, 0.25) is 0 Å². The van der Waals surface area contributed by atoms with E-state index < -0.39 is 0 Å². The minimum absolute atomic E-state index is 0.0304. The molecule has 2 heterocycles. The molecule has 0 saturated carbocycles. The van der Waals surface area contributed by atoms with E-state index in [1.807, 2.05) is 23.1 Å². The summed E-state index contributed by atoms with van der Waals surface area (Å²) in [6, 6.07) is 16.0. The Kier molecular flexibility index (Phi) is 4.34. The molecule has 1 saturated heterocycles. The molecule has 0 unspecified atom stereocenters. The zero-order valence-corrected chi connectivity index (χ0v) is 13.3. The van der Waals surface area contributed by atoms with Crippen LogP contribution in [0.1, 0.15) is 34.8 Å². The van der Waals surface area contributed by atoms with Gasteiger partial charge in [0.25, 0.3) is 5.91 Å². The highest BCUT2D eigenvalue weighted by atomic mass is 79.9. The van der Waals surface area contributed by atoms with E-state index in [1.54, 1.807) is 6.07 Å². The molecule has 1 amide bonds. The highest BCUT2D eigenvalue weighted by Crippen LogP contribution is 2.28. The van der Waals surface area contributed by atoms with Crippen molar-refractivity contribution < 1.29 is 4.79 Å². The second kappa shape index (κ2) is 6.39. The quantitative estimate of drug-likeness (QED) is 0.775. The van der Waals surface area contributed by atoms with Crippen LogP contribution in [0.5, 0.6) is 0 Å². The van der Waals surface area contributed by atoms with Crippen molar-refractivity contribution in [2.45, 2.75) is 18.8 Å². The molecule has 3 rings (SSSR count). The van der Waals surface area contributed by atoms with Crippen molar-refractivity contribution in [2.75, 3.05) is 13.1 Å². The van der Waals surface area contributed by atoms with Crippen molar-refractivity contribution >= 4 is 21.8 Å². The second-order valence-electron chi connectivity index (χ2n) is 5.32. The Morgan fingerprint density at radius 2 is 1.76 bits per heavy atom. The van der Waals surface area contributed by atoms with Crippen molar-refractivity contribution in [3.8, 4) is 0 Å². The first kappa shape index (κ1) is 14.3. The average molecular weight is 345 g/mol. The number of nitrogens with zero attached hydrogens (tertiary/aromatic N) is 2. The molecule has 0 N–H and O–H groups in total. The summed E-state index contributed by atoms with van der Waals surface area (Å²) >= 11 is 3.31. The number of hydrogen-bond acceptors (Lipinski definition) is 2. The SMILES string of the molecule is O=C(c1cccc(Br)n1)N1CCC(c2ccccc2)CC1. The maximum absolute atomic E-state index is 12.4. The molecule has 1 aliphatic rings. The Morgan fingerprint density at radius 1 is 1.05 bits per heavy atom.